The first-order valence-electron chi connectivity index (χ1n) is 8.79. The van der Waals surface area contributed by atoms with Crippen LogP contribution in [0.15, 0.2) is 48.5 Å². The maximum absolute atomic E-state index is 2.38. The minimum absolute atomic E-state index is 0.633. The van der Waals surface area contributed by atoms with Crippen molar-refractivity contribution in [2.45, 2.75) is 58.3 Å². The molecule has 0 heteroatoms. The molecule has 1 aliphatic rings. The highest BCUT2D eigenvalue weighted by Gasteiger charge is 2.29. The van der Waals surface area contributed by atoms with E-state index in [-0.39, 0.29) is 0 Å². The van der Waals surface area contributed by atoms with Crippen LogP contribution < -0.4 is 0 Å². The van der Waals surface area contributed by atoms with Crippen LogP contribution in [0.4, 0.5) is 0 Å². The summed E-state index contributed by atoms with van der Waals surface area (Å²) in [6.07, 6.45) is 2.42. The Balaban J connectivity index is 1.83. The molecule has 116 valence electrons. The van der Waals surface area contributed by atoms with Crippen LogP contribution in [0.3, 0.4) is 0 Å². The van der Waals surface area contributed by atoms with Gasteiger partial charge in [-0.05, 0) is 58.8 Å². The van der Waals surface area contributed by atoms with Gasteiger partial charge in [0.25, 0.3) is 0 Å². The van der Waals surface area contributed by atoms with Gasteiger partial charge in [0.15, 0.2) is 0 Å². The Hall–Kier alpha value is -1.56. The molecule has 0 saturated heterocycles. The van der Waals surface area contributed by atoms with Crippen molar-refractivity contribution < 1.29 is 0 Å². The van der Waals surface area contributed by atoms with Gasteiger partial charge in [-0.2, -0.15) is 0 Å². The second-order valence-electron chi connectivity index (χ2n) is 7.22. The van der Waals surface area contributed by atoms with E-state index in [1.54, 1.807) is 5.56 Å². The molecule has 0 spiro atoms. The maximum atomic E-state index is 2.38. The molecule has 1 aliphatic carbocycles. The van der Waals surface area contributed by atoms with Crippen molar-refractivity contribution in [3.05, 3.63) is 70.8 Å². The standard InChI is InChI=1S/C22H28/c1-5-20(15(2)3)17-10-12-18(13-11-17)22-14-19-8-6-7-9-21(19)16(22)4/h6-13,15-16,20,22H,5,14H2,1-4H3. The third-order valence-electron chi connectivity index (χ3n) is 5.63. The summed E-state index contributed by atoms with van der Waals surface area (Å²) >= 11 is 0. The van der Waals surface area contributed by atoms with E-state index in [2.05, 4.69) is 76.2 Å². The molecule has 0 bridgehead atoms. The molecule has 3 atom stereocenters. The Morgan fingerprint density at radius 2 is 1.68 bits per heavy atom. The quantitative estimate of drug-likeness (QED) is 0.622. The summed E-state index contributed by atoms with van der Waals surface area (Å²) < 4.78 is 0. The summed E-state index contributed by atoms with van der Waals surface area (Å²) in [5.41, 5.74) is 6.10. The van der Waals surface area contributed by atoms with Gasteiger partial charge >= 0.3 is 0 Å². The predicted octanol–water partition coefficient (Wildman–Crippen LogP) is 6.28. The summed E-state index contributed by atoms with van der Waals surface area (Å²) in [5.74, 6) is 2.68. The third-order valence-corrected chi connectivity index (χ3v) is 5.63. The molecule has 0 fully saturated rings. The highest BCUT2D eigenvalue weighted by atomic mass is 14.3. The van der Waals surface area contributed by atoms with Gasteiger partial charge < -0.3 is 0 Å². The molecule has 0 aromatic heterocycles. The summed E-state index contributed by atoms with van der Waals surface area (Å²) in [5, 5.41) is 0. The van der Waals surface area contributed by atoms with E-state index in [0.717, 1.165) is 0 Å². The lowest BCUT2D eigenvalue weighted by Crippen LogP contribution is -2.07. The second-order valence-corrected chi connectivity index (χ2v) is 7.22. The van der Waals surface area contributed by atoms with Crippen molar-refractivity contribution in [2.24, 2.45) is 5.92 Å². The molecule has 22 heavy (non-hydrogen) atoms. The van der Waals surface area contributed by atoms with Crippen molar-refractivity contribution >= 4 is 0 Å². The van der Waals surface area contributed by atoms with Gasteiger partial charge in [0.05, 0.1) is 0 Å². The van der Waals surface area contributed by atoms with E-state index >= 15 is 0 Å². The van der Waals surface area contributed by atoms with Crippen LogP contribution in [0, 0.1) is 5.92 Å². The van der Waals surface area contributed by atoms with E-state index < -0.39 is 0 Å². The average Bonchev–Trinajstić information content (AvgIpc) is 2.86. The molecule has 0 aliphatic heterocycles. The van der Waals surface area contributed by atoms with Gasteiger partial charge in [0.1, 0.15) is 0 Å². The molecule has 0 amide bonds. The van der Waals surface area contributed by atoms with Crippen LogP contribution >= 0.6 is 0 Å². The van der Waals surface area contributed by atoms with Crippen LogP contribution in [0.2, 0.25) is 0 Å². The van der Waals surface area contributed by atoms with Crippen molar-refractivity contribution in [1.82, 2.24) is 0 Å². The number of hydrogen-bond acceptors (Lipinski definition) is 0. The van der Waals surface area contributed by atoms with Crippen molar-refractivity contribution in [3.8, 4) is 0 Å². The van der Waals surface area contributed by atoms with E-state index in [1.807, 2.05) is 0 Å². The summed E-state index contributed by atoms with van der Waals surface area (Å²) in [4.78, 5) is 0. The fourth-order valence-electron chi connectivity index (χ4n) is 4.28. The molecule has 2 aromatic rings. The van der Waals surface area contributed by atoms with Crippen LogP contribution in [0.1, 0.15) is 74.1 Å². The van der Waals surface area contributed by atoms with Gasteiger partial charge in [0, 0.05) is 0 Å². The Morgan fingerprint density at radius 3 is 2.27 bits per heavy atom. The average molecular weight is 292 g/mol. The van der Waals surface area contributed by atoms with E-state index in [1.165, 1.54) is 29.5 Å². The Kier molecular flexibility index (Phi) is 4.38. The summed E-state index contributed by atoms with van der Waals surface area (Å²) in [6, 6.07) is 18.5. The minimum Gasteiger partial charge on any atom is -0.0648 e. The van der Waals surface area contributed by atoms with Crippen molar-refractivity contribution in [1.29, 1.82) is 0 Å². The molecule has 0 N–H and O–H groups in total. The topological polar surface area (TPSA) is 0 Å². The molecule has 0 saturated carbocycles. The number of fused-ring (bicyclic) bond motifs is 1. The zero-order valence-corrected chi connectivity index (χ0v) is 14.3. The molecule has 0 radical (unpaired) electrons. The smallest absolute Gasteiger partial charge is 0.00551 e. The third kappa shape index (κ3) is 2.72. The van der Waals surface area contributed by atoms with Crippen LogP contribution in [-0.4, -0.2) is 0 Å². The predicted molar refractivity (Wildman–Crippen MR) is 95.6 cm³/mol. The van der Waals surface area contributed by atoms with E-state index in [4.69, 9.17) is 0 Å². The molecule has 3 unspecified atom stereocenters. The Morgan fingerprint density at radius 1 is 1.00 bits per heavy atom. The zero-order chi connectivity index (χ0) is 15.7. The number of benzene rings is 2. The van der Waals surface area contributed by atoms with Crippen LogP contribution in [0.5, 0.6) is 0 Å². The first kappa shape index (κ1) is 15.3. The lowest BCUT2D eigenvalue weighted by molar-refractivity contribution is 0.485. The van der Waals surface area contributed by atoms with Gasteiger partial charge in [-0.25, -0.2) is 0 Å². The summed E-state index contributed by atoms with van der Waals surface area (Å²) in [7, 11) is 0. The van der Waals surface area contributed by atoms with Crippen molar-refractivity contribution in [3.63, 3.8) is 0 Å². The normalized spacial score (nSPS) is 21.9. The van der Waals surface area contributed by atoms with Gasteiger partial charge in [-0.1, -0.05) is 76.2 Å². The lowest BCUT2D eigenvalue weighted by Gasteiger charge is -2.21. The van der Waals surface area contributed by atoms with Gasteiger partial charge in [0.2, 0.25) is 0 Å². The highest BCUT2D eigenvalue weighted by molar-refractivity contribution is 5.42. The second kappa shape index (κ2) is 6.28. The summed E-state index contributed by atoms with van der Waals surface area (Å²) in [6.45, 7) is 9.34. The number of hydrogen-bond donors (Lipinski definition) is 0. The van der Waals surface area contributed by atoms with Gasteiger partial charge in [-0.15, -0.1) is 0 Å². The molecule has 2 aromatic carbocycles. The first-order valence-corrected chi connectivity index (χ1v) is 8.79. The Labute approximate surface area is 135 Å². The fraction of sp³-hybridized carbons (Fsp3) is 0.455. The SMILES string of the molecule is CCC(c1ccc(C2Cc3ccccc3C2C)cc1)C(C)C. The highest BCUT2D eigenvalue weighted by Crippen LogP contribution is 2.43. The first-order chi connectivity index (χ1) is 10.6. The largest absolute Gasteiger partial charge is 0.0648 e. The van der Waals surface area contributed by atoms with Crippen LogP contribution in [-0.2, 0) is 6.42 Å². The van der Waals surface area contributed by atoms with E-state index in [0.29, 0.717) is 23.7 Å². The molecular formula is C22H28. The monoisotopic (exact) mass is 292 g/mol. The molecular weight excluding hydrogens is 264 g/mol. The zero-order valence-electron chi connectivity index (χ0n) is 14.3. The Bertz CT molecular complexity index is 621. The maximum Gasteiger partial charge on any atom is -0.00551 e. The molecule has 0 heterocycles. The van der Waals surface area contributed by atoms with Gasteiger partial charge in [-0.3, -0.25) is 0 Å². The molecule has 3 rings (SSSR count). The van der Waals surface area contributed by atoms with Crippen LogP contribution in [0.25, 0.3) is 0 Å². The number of rotatable bonds is 4. The minimum atomic E-state index is 0.633. The van der Waals surface area contributed by atoms with Crippen molar-refractivity contribution in [2.75, 3.05) is 0 Å². The van der Waals surface area contributed by atoms with E-state index in [9.17, 15) is 0 Å². The molecule has 0 nitrogen and oxygen atoms in total. The fourth-order valence-corrected chi connectivity index (χ4v) is 4.28. The lowest BCUT2D eigenvalue weighted by atomic mass is 9.83.